The number of nitrogens with one attached hydrogen (secondary N) is 1. The molecule has 2 rings (SSSR count). The number of benzene rings is 1. The summed E-state index contributed by atoms with van der Waals surface area (Å²) in [5.41, 5.74) is 1.73. The summed E-state index contributed by atoms with van der Waals surface area (Å²) in [5, 5.41) is 17.6. The van der Waals surface area contributed by atoms with Gasteiger partial charge in [-0.15, -0.1) is 0 Å². The number of hydroxylamine groups is 1. The highest BCUT2D eigenvalue weighted by Crippen LogP contribution is 2.25. The lowest BCUT2D eigenvalue weighted by molar-refractivity contribution is -0.131. The van der Waals surface area contributed by atoms with Crippen LogP contribution in [0.5, 0.6) is 5.75 Å². The first-order valence-corrected chi connectivity index (χ1v) is 10.8. The maximum absolute atomic E-state index is 14.1. The molecule has 30 heavy (non-hydrogen) atoms. The maximum Gasteiger partial charge on any atom is 0.264 e. The number of hydrogen-bond donors (Lipinski definition) is 3. The predicted octanol–water partition coefficient (Wildman–Crippen LogP) is 0.724. The van der Waals surface area contributed by atoms with Gasteiger partial charge in [0.15, 0.2) is 26.2 Å². The summed E-state index contributed by atoms with van der Waals surface area (Å²) >= 11 is 0. The number of carbonyl (C=O) groups excluding carboxylic acids is 1. The summed E-state index contributed by atoms with van der Waals surface area (Å²) in [6.07, 6.45) is 2.03. The number of nitrogens with zero attached hydrogens (tertiary/aromatic N) is 1. The Morgan fingerprint density at radius 1 is 1.27 bits per heavy atom. The van der Waals surface area contributed by atoms with E-state index < -0.39 is 31.9 Å². The molecule has 0 radical (unpaired) electrons. The van der Waals surface area contributed by atoms with Crippen LogP contribution >= 0.6 is 0 Å². The van der Waals surface area contributed by atoms with Crippen molar-refractivity contribution in [3.8, 4) is 16.9 Å². The molecule has 164 valence electrons. The van der Waals surface area contributed by atoms with Crippen LogP contribution in [-0.4, -0.2) is 53.4 Å². The monoisotopic (exact) mass is 442 g/mol. The van der Waals surface area contributed by atoms with Crippen LogP contribution in [-0.2, 0) is 21.2 Å². The summed E-state index contributed by atoms with van der Waals surface area (Å²) < 4.78 is 42.5. The van der Waals surface area contributed by atoms with E-state index in [0.29, 0.717) is 11.1 Å². The first-order chi connectivity index (χ1) is 14.0. The second kappa shape index (κ2) is 9.37. The number of sulfone groups is 1. The van der Waals surface area contributed by atoms with Gasteiger partial charge < -0.3 is 14.4 Å². The van der Waals surface area contributed by atoms with Crippen molar-refractivity contribution in [1.29, 1.82) is 0 Å². The third-order valence-corrected chi connectivity index (χ3v) is 6.87. The fourth-order valence-electron chi connectivity index (χ4n) is 2.74. The number of aryl methyl sites for hydroxylation is 1. The van der Waals surface area contributed by atoms with Crippen molar-refractivity contribution in [2.75, 3.05) is 19.5 Å². The predicted molar refractivity (Wildman–Crippen MR) is 106 cm³/mol. The van der Waals surface area contributed by atoms with Gasteiger partial charge in [-0.25, -0.2) is 18.3 Å². The minimum atomic E-state index is -3.88. The number of aromatic nitrogens is 1. The Labute approximate surface area is 172 Å². The normalized spacial score (nSPS) is 13.5. The molecular weight excluding hydrogens is 419 g/mol. The highest BCUT2D eigenvalue weighted by molar-refractivity contribution is 7.92. The summed E-state index contributed by atoms with van der Waals surface area (Å²) in [4.78, 5) is 24.3. The topological polar surface area (TPSA) is 135 Å². The summed E-state index contributed by atoms with van der Waals surface area (Å²) in [7, 11) is -3.88. The standard InChI is InChI=1S/C19H23FN2O7S/c1-19(18(25)21-26,30(2,27)28)6-8-22-7-5-14(12-17(22)24)13-3-4-16(15(20)11-13)29-10-9-23/h3-5,7,11-12,23,26H,6,8-10H2,1-2H3,(H,21,25). The van der Waals surface area contributed by atoms with Gasteiger partial charge in [0.1, 0.15) is 6.61 Å². The van der Waals surface area contributed by atoms with Gasteiger partial charge in [-0.1, -0.05) is 6.07 Å². The van der Waals surface area contributed by atoms with Gasteiger partial charge in [-0.2, -0.15) is 0 Å². The quantitative estimate of drug-likeness (QED) is 0.385. The smallest absolute Gasteiger partial charge is 0.264 e. The minimum Gasteiger partial charge on any atom is -0.488 e. The van der Waals surface area contributed by atoms with E-state index in [9.17, 15) is 22.4 Å². The van der Waals surface area contributed by atoms with Crippen molar-refractivity contribution < 1.29 is 32.7 Å². The number of aliphatic hydroxyl groups is 1. The SMILES string of the molecule is CC(CCn1ccc(-c2ccc(OCCO)c(F)c2)cc1=O)(C(=O)NO)S(C)(=O)=O. The lowest BCUT2D eigenvalue weighted by Crippen LogP contribution is -2.49. The molecule has 0 saturated carbocycles. The van der Waals surface area contributed by atoms with Crippen molar-refractivity contribution in [2.45, 2.75) is 24.6 Å². The zero-order valence-electron chi connectivity index (χ0n) is 16.5. The zero-order valence-corrected chi connectivity index (χ0v) is 17.3. The van der Waals surface area contributed by atoms with E-state index in [1.807, 2.05) is 0 Å². The molecule has 9 nitrogen and oxygen atoms in total. The highest BCUT2D eigenvalue weighted by Gasteiger charge is 2.43. The average Bonchev–Trinajstić information content (AvgIpc) is 2.70. The van der Waals surface area contributed by atoms with Crippen LogP contribution in [0.3, 0.4) is 0 Å². The Morgan fingerprint density at radius 3 is 2.47 bits per heavy atom. The zero-order chi connectivity index (χ0) is 22.5. The number of aliphatic hydroxyl groups excluding tert-OH is 1. The number of amides is 1. The molecule has 1 atom stereocenters. The Balaban J connectivity index is 2.24. The van der Waals surface area contributed by atoms with Crippen molar-refractivity contribution >= 4 is 15.7 Å². The van der Waals surface area contributed by atoms with Crippen LogP contribution < -0.4 is 15.8 Å². The second-order valence-electron chi connectivity index (χ2n) is 6.86. The van der Waals surface area contributed by atoms with Crippen molar-refractivity contribution in [3.05, 3.63) is 52.7 Å². The molecule has 3 N–H and O–H groups in total. The van der Waals surface area contributed by atoms with Gasteiger partial charge in [0.05, 0.1) is 6.61 Å². The molecule has 0 aliphatic rings. The molecule has 0 spiro atoms. The first kappa shape index (κ1) is 23.5. The van der Waals surface area contributed by atoms with Crippen molar-refractivity contribution in [3.63, 3.8) is 0 Å². The van der Waals surface area contributed by atoms with Gasteiger partial charge in [0.2, 0.25) is 0 Å². The number of rotatable bonds is 9. The van der Waals surface area contributed by atoms with Crippen LogP contribution in [0.4, 0.5) is 4.39 Å². The van der Waals surface area contributed by atoms with Crippen molar-refractivity contribution in [1.82, 2.24) is 10.0 Å². The maximum atomic E-state index is 14.1. The van der Waals surface area contributed by atoms with Gasteiger partial charge >= 0.3 is 0 Å². The van der Waals surface area contributed by atoms with Crippen LogP contribution in [0.25, 0.3) is 11.1 Å². The Kier molecular flexibility index (Phi) is 7.34. The highest BCUT2D eigenvalue weighted by atomic mass is 32.2. The number of halogens is 1. The van der Waals surface area contributed by atoms with Gasteiger partial charge in [0, 0.05) is 25.1 Å². The minimum absolute atomic E-state index is 0.0247. The molecule has 1 aromatic carbocycles. The molecular formula is C19H23FN2O7S. The lowest BCUT2D eigenvalue weighted by atomic mass is 10.1. The van der Waals surface area contributed by atoms with E-state index in [1.54, 1.807) is 12.1 Å². The first-order valence-electron chi connectivity index (χ1n) is 8.91. The van der Waals surface area contributed by atoms with Crippen LogP contribution in [0.15, 0.2) is 41.3 Å². The molecule has 1 heterocycles. The number of ether oxygens (including phenoxy) is 1. The van der Waals surface area contributed by atoms with E-state index >= 15 is 0 Å². The number of hydrogen-bond acceptors (Lipinski definition) is 7. The van der Waals surface area contributed by atoms with Crippen LogP contribution in [0, 0.1) is 5.82 Å². The second-order valence-corrected chi connectivity index (χ2v) is 9.30. The average molecular weight is 442 g/mol. The van der Waals surface area contributed by atoms with Gasteiger partial charge in [-0.05, 0) is 42.7 Å². The van der Waals surface area contributed by atoms with Crippen LogP contribution in [0.2, 0.25) is 0 Å². The molecule has 1 aromatic heterocycles. The molecule has 0 aliphatic heterocycles. The van der Waals surface area contributed by atoms with E-state index in [1.165, 1.54) is 34.4 Å². The lowest BCUT2D eigenvalue weighted by Gasteiger charge is -2.25. The molecule has 0 fully saturated rings. The summed E-state index contributed by atoms with van der Waals surface area (Å²) in [5.74, 6) is -1.76. The Hall–Kier alpha value is -2.76. The third kappa shape index (κ3) is 5.04. The largest absolute Gasteiger partial charge is 0.488 e. The molecule has 1 unspecified atom stereocenters. The van der Waals surface area contributed by atoms with Crippen molar-refractivity contribution in [2.24, 2.45) is 0 Å². The van der Waals surface area contributed by atoms with E-state index in [-0.39, 0.29) is 31.9 Å². The van der Waals surface area contributed by atoms with Crippen LogP contribution in [0.1, 0.15) is 13.3 Å². The summed E-state index contributed by atoms with van der Waals surface area (Å²) in [6, 6.07) is 6.94. The van der Waals surface area contributed by atoms with E-state index in [4.69, 9.17) is 15.1 Å². The number of carbonyl (C=O) groups is 1. The Morgan fingerprint density at radius 2 is 1.93 bits per heavy atom. The van der Waals surface area contributed by atoms with Gasteiger partial charge in [0.25, 0.3) is 11.5 Å². The molecule has 0 aliphatic carbocycles. The fraction of sp³-hybridized carbons (Fsp3) is 0.368. The van der Waals surface area contributed by atoms with E-state index in [2.05, 4.69) is 0 Å². The summed E-state index contributed by atoms with van der Waals surface area (Å²) in [6.45, 7) is 0.764. The molecule has 0 bridgehead atoms. The Bertz CT molecular complexity index is 1080. The molecule has 11 heteroatoms. The van der Waals surface area contributed by atoms with Gasteiger partial charge in [-0.3, -0.25) is 14.8 Å². The molecule has 0 saturated heterocycles. The molecule has 2 aromatic rings. The van der Waals surface area contributed by atoms with E-state index in [0.717, 1.165) is 13.2 Å². The third-order valence-electron chi connectivity index (χ3n) is 4.84. The number of pyridine rings is 1. The fourth-order valence-corrected chi connectivity index (χ4v) is 3.59. The molecule has 1 amide bonds.